The van der Waals surface area contributed by atoms with Gasteiger partial charge in [0.25, 0.3) is 0 Å². The predicted molar refractivity (Wildman–Crippen MR) is 70.0 cm³/mol. The topological polar surface area (TPSA) is 76.4 Å². The third kappa shape index (κ3) is 3.13. The van der Waals surface area contributed by atoms with Crippen LogP contribution in [0.1, 0.15) is 17.5 Å². The number of likely N-dealkylation sites (N-methyl/N-ethyl adjacent to an activating group) is 1. The molecule has 2 rings (SSSR count). The second-order valence-electron chi connectivity index (χ2n) is 4.96. The van der Waals surface area contributed by atoms with Gasteiger partial charge in [-0.25, -0.2) is 4.39 Å². The molecule has 0 saturated carbocycles. The van der Waals surface area contributed by atoms with E-state index in [1.54, 1.807) is 7.05 Å². The molecule has 1 aliphatic heterocycles. The highest BCUT2D eigenvalue weighted by molar-refractivity contribution is 5.82. The van der Waals surface area contributed by atoms with Gasteiger partial charge in [0.15, 0.2) is 0 Å². The molecule has 1 saturated heterocycles. The summed E-state index contributed by atoms with van der Waals surface area (Å²) in [6, 6.07) is 5.57. The van der Waals surface area contributed by atoms with Gasteiger partial charge < -0.3 is 15.3 Å². The number of hydrogen-bond acceptors (Lipinski definition) is 4. The fraction of sp³-hybridized carbons (Fsp3) is 0.429. The molecular weight excluding hydrogens is 261 g/mol. The number of benzene rings is 1. The van der Waals surface area contributed by atoms with Crippen LogP contribution in [0.3, 0.4) is 0 Å². The van der Waals surface area contributed by atoms with Crippen molar-refractivity contribution in [1.29, 1.82) is 5.26 Å². The van der Waals surface area contributed by atoms with Crippen LogP contribution in [0.5, 0.6) is 0 Å². The van der Waals surface area contributed by atoms with Gasteiger partial charge in [0.05, 0.1) is 23.8 Å². The molecule has 0 spiro atoms. The Morgan fingerprint density at radius 1 is 1.65 bits per heavy atom. The number of nitriles is 1. The molecule has 6 heteroatoms. The fourth-order valence-electron chi connectivity index (χ4n) is 2.27. The second-order valence-corrected chi connectivity index (χ2v) is 4.96. The first-order valence-electron chi connectivity index (χ1n) is 6.36. The maximum atomic E-state index is 13.7. The van der Waals surface area contributed by atoms with Crippen LogP contribution in [0.15, 0.2) is 18.2 Å². The van der Waals surface area contributed by atoms with Crippen molar-refractivity contribution in [3.63, 3.8) is 0 Å². The zero-order valence-electron chi connectivity index (χ0n) is 11.1. The molecule has 0 bridgehead atoms. The number of nitrogens with zero attached hydrogens (tertiary/aromatic N) is 2. The minimum absolute atomic E-state index is 0.0917. The van der Waals surface area contributed by atoms with E-state index in [0.717, 1.165) is 0 Å². The van der Waals surface area contributed by atoms with E-state index in [0.29, 0.717) is 24.1 Å². The van der Waals surface area contributed by atoms with Crippen LogP contribution in [0.25, 0.3) is 0 Å². The van der Waals surface area contributed by atoms with Crippen LogP contribution in [-0.2, 0) is 11.3 Å². The van der Waals surface area contributed by atoms with Crippen molar-refractivity contribution in [2.75, 3.05) is 13.6 Å². The third-order valence-corrected chi connectivity index (χ3v) is 3.36. The lowest BCUT2D eigenvalue weighted by atomic mass is 10.1. The van der Waals surface area contributed by atoms with E-state index in [4.69, 9.17) is 5.26 Å². The van der Waals surface area contributed by atoms with E-state index >= 15 is 0 Å². The summed E-state index contributed by atoms with van der Waals surface area (Å²) < 4.78 is 13.7. The molecule has 1 heterocycles. The molecule has 0 aromatic heterocycles. The van der Waals surface area contributed by atoms with E-state index in [1.165, 1.54) is 23.1 Å². The van der Waals surface area contributed by atoms with Gasteiger partial charge in [-0.2, -0.15) is 5.26 Å². The smallest absolute Gasteiger partial charge is 0.239 e. The highest BCUT2D eigenvalue weighted by Gasteiger charge is 2.30. The van der Waals surface area contributed by atoms with Gasteiger partial charge >= 0.3 is 0 Å². The molecule has 0 radical (unpaired) electrons. The van der Waals surface area contributed by atoms with Crippen molar-refractivity contribution < 1.29 is 14.3 Å². The lowest BCUT2D eigenvalue weighted by Crippen LogP contribution is -2.41. The average molecular weight is 277 g/mol. The van der Waals surface area contributed by atoms with Crippen LogP contribution in [0, 0.1) is 17.1 Å². The minimum atomic E-state index is -0.518. The summed E-state index contributed by atoms with van der Waals surface area (Å²) in [6.07, 6.45) is -0.153. The number of aliphatic hydroxyl groups excluding tert-OH is 1. The highest BCUT2D eigenvalue weighted by Crippen LogP contribution is 2.15. The summed E-state index contributed by atoms with van der Waals surface area (Å²) in [4.78, 5) is 13.5. The summed E-state index contributed by atoms with van der Waals surface area (Å²) in [5.41, 5.74) is 0.662. The summed E-state index contributed by atoms with van der Waals surface area (Å²) in [5, 5.41) is 21.1. The van der Waals surface area contributed by atoms with Gasteiger partial charge in [0.2, 0.25) is 5.91 Å². The SMILES string of the molecule is CN(Cc1cc(C#N)ccc1F)C(=O)C1CC(O)CN1. The van der Waals surface area contributed by atoms with Crippen LogP contribution in [0.4, 0.5) is 4.39 Å². The molecule has 106 valence electrons. The highest BCUT2D eigenvalue weighted by atomic mass is 19.1. The molecule has 20 heavy (non-hydrogen) atoms. The molecule has 2 N–H and O–H groups in total. The summed E-state index contributed by atoms with van der Waals surface area (Å²) in [6.45, 7) is 0.483. The van der Waals surface area contributed by atoms with Gasteiger partial charge in [0.1, 0.15) is 5.82 Å². The minimum Gasteiger partial charge on any atom is -0.392 e. The number of β-amino-alcohol motifs (C(OH)–C–C–N with tert-alkyl or cyclic N) is 1. The van der Waals surface area contributed by atoms with E-state index in [-0.39, 0.29) is 12.5 Å². The largest absolute Gasteiger partial charge is 0.392 e. The first-order chi connectivity index (χ1) is 9.51. The van der Waals surface area contributed by atoms with Crippen molar-refractivity contribution in [2.45, 2.75) is 25.1 Å². The molecule has 2 atom stereocenters. The first-order valence-corrected chi connectivity index (χ1v) is 6.36. The number of halogens is 1. The molecule has 1 aromatic carbocycles. The Bertz CT molecular complexity index is 556. The summed E-state index contributed by atoms with van der Waals surface area (Å²) >= 11 is 0. The fourth-order valence-corrected chi connectivity index (χ4v) is 2.27. The van der Waals surface area contributed by atoms with E-state index in [1.807, 2.05) is 6.07 Å². The number of amides is 1. The quantitative estimate of drug-likeness (QED) is 0.837. The molecule has 0 aliphatic carbocycles. The Morgan fingerprint density at radius 3 is 3.00 bits per heavy atom. The standard InChI is InChI=1S/C14H16FN3O2/c1-18(14(20)13-5-11(19)7-17-13)8-10-4-9(6-16)2-3-12(10)15/h2-4,11,13,17,19H,5,7-8H2,1H3. The van der Waals surface area contributed by atoms with Crippen LogP contribution in [-0.4, -0.2) is 41.7 Å². The van der Waals surface area contributed by atoms with Crippen molar-refractivity contribution in [3.8, 4) is 6.07 Å². The van der Waals surface area contributed by atoms with Crippen LogP contribution < -0.4 is 5.32 Å². The normalized spacial score (nSPS) is 21.5. The zero-order valence-corrected chi connectivity index (χ0v) is 11.1. The zero-order chi connectivity index (χ0) is 14.7. The first kappa shape index (κ1) is 14.4. The molecular formula is C14H16FN3O2. The number of nitrogens with one attached hydrogen (secondary N) is 1. The summed E-state index contributed by atoms with van der Waals surface area (Å²) in [7, 11) is 1.58. The van der Waals surface area contributed by atoms with Crippen LogP contribution >= 0.6 is 0 Å². The van der Waals surface area contributed by atoms with Crippen molar-refractivity contribution in [1.82, 2.24) is 10.2 Å². The Hall–Kier alpha value is -1.97. The van der Waals surface area contributed by atoms with Crippen molar-refractivity contribution in [3.05, 3.63) is 35.1 Å². The second kappa shape index (κ2) is 5.99. The Labute approximate surface area is 116 Å². The molecule has 2 unspecified atom stereocenters. The van der Waals surface area contributed by atoms with E-state index < -0.39 is 18.0 Å². The monoisotopic (exact) mass is 277 g/mol. The van der Waals surface area contributed by atoms with E-state index in [2.05, 4.69) is 5.32 Å². The number of rotatable bonds is 3. The van der Waals surface area contributed by atoms with Gasteiger partial charge in [-0.05, 0) is 24.6 Å². The number of carbonyl (C=O) groups is 1. The van der Waals surface area contributed by atoms with Gasteiger partial charge in [-0.15, -0.1) is 0 Å². The lowest BCUT2D eigenvalue weighted by molar-refractivity contribution is -0.132. The molecule has 1 fully saturated rings. The Kier molecular flexibility index (Phi) is 4.32. The predicted octanol–water partition coefficient (Wildman–Crippen LogP) is 0.379. The number of aliphatic hydroxyl groups is 1. The van der Waals surface area contributed by atoms with Gasteiger partial charge in [-0.1, -0.05) is 0 Å². The summed E-state index contributed by atoms with van der Waals surface area (Å²) in [5.74, 6) is -0.633. The maximum Gasteiger partial charge on any atom is 0.239 e. The molecule has 1 amide bonds. The molecule has 1 aliphatic rings. The van der Waals surface area contributed by atoms with Gasteiger partial charge in [0, 0.05) is 25.7 Å². The molecule has 1 aromatic rings. The number of hydrogen-bond donors (Lipinski definition) is 2. The number of carbonyl (C=O) groups excluding carboxylic acids is 1. The Balaban J connectivity index is 2.06. The average Bonchev–Trinajstić information content (AvgIpc) is 2.87. The van der Waals surface area contributed by atoms with Crippen molar-refractivity contribution in [2.24, 2.45) is 0 Å². The maximum absolute atomic E-state index is 13.7. The van der Waals surface area contributed by atoms with Gasteiger partial charge in [-0.3, -0.25) is 4.79 Å². The molecule has 5 nitrogen and oxygen atoms in total. The van der Waals surface area contributed by atoms with Crippen molar-refractivity contribution >= 4 is 5.91 Å². The third-order valence-electron chi connectivity index (χ3n) is 3.36. The lowest BCUT2D eigenvalue weighted by Gasteiger charge is -2.21. The Morgan fingerprint density at radius 2 is 2.40 bits per heavy atom. The van der Waals surface area contributed by atoms with Crippen LogP contribution in [0.2, 0.25) is 0 Å². The van der Waals surface area contributed by atoms with E-state index in [9.17, 15) is 14.3 Å².